The molecule has 2 aromatic heterocycles. The molecule has 0 aliphatic carbocycles. The van der Waals surface area contributed by atoms with Crippen LogP contribution in [-0.4, -0.2) is 18.0 Å². The molecule has 5 nitrogen and oxygen atoms in total. The van der Waals surface area contributed by atoms with Crippen molar-refractivity contribution in [2.45, 2.75) is 60.5 Å². The molecule has 0 saturated heterocycles. The quantitative estimate of drug-likeness (QED) is 0.425. The highest BCUT2D eigenvalue weighted by atomic mass is 32.1. The highest BCUT2D eigenvalue weighted by Crippen LogP contribution is 2.41. The zero-order valence-electron chi connectivity index (χ0n) is 19.1. The van der Waals surface area contributed by atoms with E-state index in [4.69, 9.17) is 9.15 Å². The van der Waals surface area contributed by atoms with E-state index in [1.165, 1.54) is 16.9 Å². The number of thiophene rings is 1. The number of esters is 1. The number of carbonyl (C=O) groups is 2. The Balaban J connectivity index is 2.07. The molecule has 0 unspecified atom stereocenters. The van der Waals surface area contributed by atoms with E-state index in [2.05, 4.69) is 31.3 Å². The smallest absolute Gasteiger partial charge is 0.342 e. The number of nitrogens with one attached hydrogen (secondary N) is 1. The molecule has 1 aromatic carbocycles. The number of hydrogen-bond acceptors (Lipinski definition) is 5. The van der Waals surface area contributed by atoms with Gasteiger partial charge in [-0.15, -0.1) is 11.3 Å². The van der Waals surface area contributed by atoms with E-state index in [0.717, 1.165) is 16.0 Å². The lowest BCUT2D eigenvalue weighted by atomic mass is 9.97. The Hall–Kier alpha value is -2.86. The molecule has 1 amide bonds. The second-order valence-corrected chi connectivity index (χ2v) is 9.47. The Kier molecular flexibility index (Phi) is 6.70. The predicted molar refractivity (Wildman–Crippen MR) is 125 cm³/mol. The first-order valence-electron chi connectivity index (χ1n) is 10.4. The summed E-state index contributed by atoms with van der Waals surface area (Å²) >= 11 is 1.37. The molecule has 3 rings (SSSR count). The minimum atomic E-state index is -0.447. The fourth-order valence-corrected chi connectivity index (χ4v) is 4.57. The average molecular weight is 440 g/mol. The number of amides is 1. The zero-order valence-corrected chi connectivity index (χ0v) is 19.9. The second kappa shape index (κ2) is 9.10. The van der Waals surface area contributed by atoms with Crippen molar-refractivity contribution in [3.63, 3.8) is 0 Å². The number of anilines is 1. The summed E-state index contributed by atoms with van der Waals surface area (Å²) in [6.45, 7) is 13.4. The van der Waals surface area contributed by atoms with Crippen molar-refractivity contribution in [1.29, 1.82) is 0 Å². The number of benzene rings is 1. The summed E-state index contributed by atoms with van der Waals surface area (Å²) in [6.07, 6.45) is -0.272. The third-order valence-electron chi connectivity index (χ3n) is 5.01. The highest BCUT2D eigenvalue weighted by Gasteiger charge is 2.27. The summed E-state index contributed by atoms with van der Waals surface area (Å²) in [7, 11) is 0. The van der Waals surface area contributed by atoms with Crippen LogP contribution >= 0.6 is 11.3 Å². The van der Waals surface area contributed by atoms with E-state index < -0.39 is 5.97 Å². The van der Waals surface area contributed by atoms with Gasteiger partial charge in [0.2, 0.25) is 0 Å². The molecule has 6 heteroatoms. The number of furan rings is 1. The van der Waals surface area contributed by atoms with E-state index in [1.54, 1.807) is 19.9 Å². The maximum Gasteiger partial charge on any atom is 0.342 e. The standard InChI is InChI=1S/C25H29NO4S/c1-13(2)18-8-10-19(11-9-18)21-17(7)31-24(22(21)25(28)29-14(3)4)26-23(27)20-12-15(5)30-16(20)6/h8-14H,1-7H3,(H,26,27). The van der Waals surface area contributed by atoms with Crippen LogP contribution in [0.2, 0.25) is 0 Å². The molecular weight excluding hydrogens is 410 g/mol. The molecule has 3 aromatic rings. The van der Waals surface area contributed by atoms with Gasteiger partial charge in [0.05, 0.1) is 11.7 Å². The lowest BCUT2D eigenvalue weighted by molar-refractivity contribution is 0.0380. The van der Waals surface area contributed by atoms with Gasteiger partial charge in [0, 0.05) is 10.4 Å². The van der Waals surface area contributed by atoms with Gasteiger partial charge in [0.25, 0.3) is 5.91 Å². The van der Waals surface area contributed by atoms with Crippen LogP contribution in [0.3, 0.4) is 0 Å². The van der Waals surface area contributed by atoms with Crippen LogP contribution in [0, 0.1) is 20.8 Å². The number of rotatable bonds is 6. The third kappa shape index (κ3) is 4.90. The molecule has 2 heterocycles. The molecule has 0 radical (unpaired) electrons. The van der Waals surface area contributed by atoms with Crippen molar-refractivity contribution in [1.82, 2.24) is 0 Å². The van der Waals surface area contributed by atoms with Gasteiger partial charge in [-0.1, -0.05) is 38.1 Å². The molecule has 0 atom stereocenters. The summed E-state index contributed by atoms with van der Waals surface area (Å²) in [5, 5.41) is 3.40. The zero-order chi connectivity index (χ0) is 22.9. The van der Waals surface area contributed by atoms with Crippen LogP contribution in [0.5, 0.6) is 0 Å². The Bertz CT molecular complexity index is 1100. The Labute approximate surface area is 187 Å². The minimum absolute atomic E-state index is 0.272. The van der Waals surface area contributed by atoms with Gasteiger partial charge in [-0.2, -0.15) is 0 Å². The van der Waals surface area contributed by atoms with E-state index in [-0.39, 0.29) is 12.0 Å². The van der Waals surface area contributed by atoms with E-state index in [9.17, 15) is 9.59 Å². The van der Waals surface area contributed by atoms with E-state index in [0.29, 0.717) is 33.6 Å². The maximum absolute atomic E-state index is 13.1. The number of aryl methyl sites for hydroxylation is 3. The summed E-state index contributed by atoms with van der Waals surface area (Å²) in [5.74, 6) is 0.863. The van der Waals surface area contributed by atoms with Crippen LogP contribution in [-0.2, 0) is 4.74 Å². The first-order valence-corrected chi connectivity index (χ1v) is 11.2. The topological polar surface area (TPSA) is 68.5 Å². The monoisotopic (exact) mass is 439 g/mol. The third-order valence-corrected chi connectivity index (χ3v) is 6.03. The molecule has 1 N–H and O–H groups in total. The second-order valence-electron chi connectivity index (χ2n) is 8.25. The molecule has 164 valence electrons. The van der Waals surface area contributed by atoms with Gasteiger partial charge < -0.3 is 14.5 Å². The molecule has 0 aliphatic heterocycles. The largest absolute Gasteiger partial charge is 0.466 e. The van der Waals surface area contributed by atoms with Crippen molar-refractivity contribution >= 4 is 28.2 Å². The van der Waals surface area contributed by atoms with Gasteiger partial charge >= 0.3 is 5.97 Å². The van der Waals surface area contributed by atoms with Crippen molar-refractivity contribution in [2.24, 2.45) is 0 Å². The Morgan fingerprint density at radius 1 is 1.03 bits per heavy atom. The average Bonchev–Trinajstić information content (AvgIpc) is 3.19. The number of ether oxygens (including phenoxy) is 1. The fourth-order valence-electron chi connectivity index (χ4n) is 3.51. The van der Waals surface area contributed by atoms with Gasteiger partial charge in [-0.25, -0.2) is 4.79 Å². The van der Waals surface area contributed by atoms with Crippen molar-refractivity contribution < 1.29 is 18.7 Å². The molecular formula is C25H29NO4S. The molecule has 0 aliphatic rings. The lowest BCUT2D eigenvalue weighted by Crippen LogP contribution is -2.17. The van der Waals surface area contributed by atoms with Crippen molar-refractivity contribution in [3.8, 4) is 11.1 Å². The SMILES string of the molecule is Cc1cc(C(=O)Nc2sc(C)c(-c3ccc(C(C)C)cc3)c2C(=O)OC(C)C)c(C)o1. The van der Waals surface area contributed by atoms with Crippen molar-refractivity contribution in [3.05, 3.63) is 63.4 Å². The minimum Gasteiger partial charge on any atom is -0.466 e. The molecule has 31 heavy (non-hydrogen) atoms. The molecule has 0 bridgehead atoms. The van der Waals surface area contributed by atoms with E-state index >= 15 is 0 Å². The Morgan fingerprint density at radius 3 is 2.19 bits per heavy atom. The van der Waals surface area contributed by atoms with Gasteiger partial charge in [0.15, 0.2) is 0 Å². The van der Waals surface area contributed by atoms with Gasteiger partial charge in [0.1, 0.15) is 22.1 Å². The van der Waals surface area contributed by atoms with Crippen LogP contribution in [0.4, 0.5) is 5.00 Å². The number of hydrogen-bond donors (Lipinski definition) is 1. The molecule has 0 spiro atoms. The first-order chi connectivity index (χ1) is 14.6. The summed E-state index contributed by atoms with van der Waals surface area (Å²) in [6, 6.07) is 9.88. The lowest BCUT2D eigenvalue weighted by Gasteiger charge is -2.13. The summed E-state index contributed by atoms with van der Waals surface area (Å²) < 4.78 is 11.0. The fraction of sp³-hybridized carbons (Fsp3) is 0.360. The molecule has 0 saturated carbocycles. The summed E-state index contributed by atoms with van der Waals surface area (Å²) in [4.78, 5) is 26.9. The van der Waals surface area contributed by atoms with Crippen LogP contribution in [0.1, 0.15) is 76.3 Å². The van der Waals surface area contributed by atoms with Crippen LogP contribution in [0.15, 0.2) is 34.7 Å². The highest BCUT2D eigenvalue weighted by molar-refractivity contribution is 7.17. The normalized spacial score (nSPS) is 11.3. The van der Waals surface area contributed by atoms with Crippen LogP contribution < -0.4 is 5.32 Å². The van der Waals surface area contributed by atoms with Gasteiger partial charge in [-0.05, 0) is 57.7 Å². The molecule has 0 fully saturated rings. The van der Waals surface area contributed by atoms with Crippen LogP contribution in [0.25, 0.3) is 11.1 Å². The number of carbonyl (C=O) groups excluding carboxylic acids is 2. The predicted octanol–water partition coefficient (Wildman–Crippen LogP) is 6.87. The maximum atomic E-state index is 13.1. The first kappa shape index (κ1) is 22.8. The van der Waals surface area contributed by atoms with Gasteiger partial charge in [-0.3, -0.25) is 4.79 Å². The Morgan fingerprint density at radius 2 is 1.68 bits per heavy atom. The van der Waals surface area contributed by atoms with E-state index in [1.807, 2.05) is 32.9 Å². The summed E-state index contributed by atoms with van der Waals surface area (Å²) in [5.41, 5.74) is 3.78. The van der Waals surface area contributed by atoms with Crippen molar-refractivity contribution in [2.75, 3.05) is 5.32 Å².